The molecule has 4 rings (SSSR count). The monoisotopic (exact) mass is 373 g/mol. The number of rotatable bonds is 5. The topological polar surface area (TPSA) is 85.2 Å². The molecule has 6 heteroatoms. The Morgan fingerprint density at radius 2 is 1.79 bits per heavy atom. The van der Waals surface area contributed by atoms with E-state index >= 15 is 0 Å². The van der Waals surface area contributed by atoms with Gasteiger partial charge in [0.15, 0.2) is 12.3 Å². The molecule has 28 heavy (non-hydrogen) atoms. The fourth-order valence-corrected chi connectivity index (χ4v) is 2.82. The van der Waals surface area contributed by atoms with Crippen LogP contribution in [0.4, 0.5) is 0 Å². The summed E-state index contributed by atoms with van der Waals surface area (Å²) < 4.78 is 10.4. The second-order valence-corrected chi connectivity index (χ2v) is 6.15. The van der Waals surface area contributed by atoms with Crippen molar-refractivity contribution in [2.24, 2.45) is 4.99 Å². The van der Waals surface area contributed by atoms with Crippen molar-refractivity contribution in [3.8, 4) is 5.75 Å². The van der Waals surface area contributed by atoms with Gasteiger partial charge in [0.05, 0.1) is 0 Å². The highest BCUT2D eigenvalue weighted by atomic mass is 16.6. The van der Waals surface area contributed by atoms with E-state index in [0.29, 0.717) is 5.75 Å². The molecule has 1 aliphatic rings. The van der Waals surface area contributed by atoms with Crippen molar-refractivity contribution >= 4 is 34.7 Å². The van der Waals surface area contributed by atoms with Crippen LogP contribution in [0.1, 0.15) is 11.1 Å². The van der Waals surface area contributed by atoms with E-state index in [1.165, 1.54) is 0 Å². The minimum atomic E-state index is -1.05. The molecule has 0 radical (unpaired) electrons. The number of hydrogen-bond acceptors (Lipinski definition) is 5. The van der Waals surface area contributed by atoms with E-state index in [9.17, 15) is 9.59 Å². The smallest absolute Gasteiger partial charge is 0.363 e. The number of nitrogens with zero attached hydrogens (tertiary/aromatic N) is 1. The molecule has 0 unspecified atom stereocenters. The largest absolute Gasteiger partial charge is 0.482 e. The lowest BCUT2D eigenvalue weighted by atomic mass is 10.1. The van der Waals surface area contributed by atoms with Crippen molar-refractivity contribution in [1.82, 2.24) is 0 Å². The second kappa shape index (κ2) is 7.36. The molecule has 1 N–H and O–H groups in total. The normalized spacial score (nSPS) is 14.8. The lowest BCUT2D eigenvalue weighted by Gasteiger charge is -2.02. The molecular weight excluding hydrogens is 358 g/mol. The maximum atomic E-state index is 12.2. The van der Waals surface area contributed by atoms with Crippen LogP contribution >= 0.6 is 0 Å². The zero-order valence-electron chi connectivity index (χ0n) is 14.7. The van der Waals surface area contributed by atoms with E-state index in [2.05, 4.69) is 4.99 Å². The van der Waals surface area contributed by atoms with E-state index in [0.717, 1.165) is 21.9 Å². The highest BCUT2D eigenvalue weighted by molar-refractivity contribution is 6.13. The molecule has 3 aromatic carbocycles. The minimum absolute atomic E-state index is 0.197. The SMILES string of the molecule is O=C(O)COc1ccc(/C=C2/N=C(c3ccc4ccccc4c3)OC2=O)cc1. The number of cyclic esters (lactones) is 1. The zero-order chi connectivity index (χ0) is 19.5. The third-order valence-electron chi connectivity index (χ3n) is 4.16. The lowest BCUT2D eigenvalue weighted by Crippen LogP contribution is -2.09. The van der Waals surface area contributed by atoms with Crippen molar-refractivity contribution in [2.45, 2.75) is 0 Å². The summed E-state index contributed by atoms with van der Waals surface area (Å²) in [5.41, 5.74) is 1.65. The van der Waals surface area contributed by atoms with Crippen LogP contribution in [-0.2, 0) is 14.3 Å². The first-order valence-electron chi connectivity index (χ1n) is 8.55. The van der Waals surface area contributed by atoms with Gasteiger partial charge in [-0.25, -0.2) is 14.6 Å². The fourth-order valence-electron chi connectivity index (χ4n) is 2.82. The van der Waals surface area contributed by atoms with Crippen molar-refractivity contribution in [3.63, 3.8) is 0 Å². The zero-order valence-corrected chi connectivity index (χ0v) is 14.7. The van der Waals surface area contributed by atoms with Gasteiger partial charge in [0, 0.05) is 5.56 Å². The molecule has 0 bridgehead atoms. The van der Waals surface area contributed by atoms with Gasteiger partial charge in [0.1, 0.15) is 5.75 Å². The van der Waals surface area contributed by atoms with Gasteiger partial charge in [-0.3, -0.25) is 0 Å². The van der Waals surface area contributed by atoms with Crippen LogP contribution in [0.3, 0.4) is 0 Å². The maximum Gasteiger partial charge on any atom is 0.363 e. The number of carboxylic acid groups (broad SMARTS) is 1. The Morgan fingerprint density at radius 1 is 1.04 bits per heavy atom. The van der Waals surface area contributed by atoms with E-state index in [4.69, 9.17) is 14.6 Å². The van der Waals surface area contributed by atoms with Crippen molar-refractivity contribution < 1.29 is 24.2 Å². The van der Waals surface area contributed by atoms with Crippen LogP contribution in [0.15, 0.2) is 77.4 Å². The number of ether oxygens (including phenoxy) is 2. The van der Waals surface area contributed by atoms with Gasteiger partial charge >= 0.3 is 11.9 Å². The molecule has 0 saturated carbocycles. The van der Waals surface area contributed by atoms with Gasteiger partial charge in [-0.1, -0.05) is 42.5 Å². The summed E-state index contributed by atoms with van der Waals surface area (Å²) in [5, 5.41) is 10.8. The minimum Gasteiger partial charge on any atom is -0.482 e. The van der Waals surface area contributed by atoms with Gasteiger partial charge in [0.25, 0.3) is 0 Å². The van der Waals surface area contributed by atoms with Gasteiger partial charge in [-0.2, -0.15) is 0 Å². The standard InChI is InChI=1S/C22H15NO5/c24-20(25)13-27-18-9-5-14(6-10-18)11-19-22(26)28-21(23-19)17-8-7-15-3-1-2-4-16(15)12-17/h1-12H,13H2,(H,24,25)/b19-11+. The molecule has 0 atom stereocenters. The molecule has 138 valence electrons. The number of carbonyl (C=O) groups excluding carboxylic acids is 1. The Labute approximate surface area is 160 Å². The Morgan fingerprint density at radius 3 is 2.54 bits per heavy atom. The number of carbonyl (C=O) groups is 2. The Hall–Kier alpha value is -3.93. The Bertz CT molecular complexity index is 1130. The first kappa shape index (κ1) is 17.5. The van der Waals surface area contributed by atoms with Crippen LogP contribution < -0.4 is 4.74 Å². The molecule has 1 heterocycles. The third-order valence-corrected chi connectivity index (χ3v) is 4.16. The molecule has 6 nitrogen and oxygen atoms in total. The van der Waals surface area contributed by atoms with E-state index < -0.39 is 18.5 Å². The summed E-state index contributed by atoms with van der Waals surface area (Å²) in [6.07, 6.45) is 1.61. The number of hydrogen-bond donors (Lipinski definition) is 1. The molecule has 0 spiro atoms. The predicted molar refractivity (Wildman–Crippen MR) is 104 cm³/mol. The first-order chi connectivity index (χ1) is 13.6. The summed E-state index contributed by atoms with van der Waals surface area (Å²) in [6, 6.07) is 20.3. The van der Waals surface area contributed by atoms with Gasteiger partial charge < -0.3 is 14.6 Å². The van der Waals surface area contributed by atoms with Gasteiger partial charge in [-0.05, 0) is 46.7 Å². The van der Waals surface area contributed by atoms with Gasteiger partial charge in [0.2, 0.25) is 5.90 Å². The summed E-state index contributed by atoms with van der Waals surface area (Å²) in [7, 11) is 0. The quantitative estimate of drug-likeness (QED) is 0.545. The number of esters is 1. The van der Waals surface area contributed by atoms with Crippen LogP contribution in [0.25, 0.3) is 16.8 Å². The molecule has 0 aliphatic carbocycles. The number of carboxylic acids is 1. The second-order valence-electron chi connectivity index (χ2n) is 6.15. The molecule has 0 aromatic heterocycles. The van der Waals surface area contributed by atoms with Crippen molar-refractivity contribution in [2.75, 3.05) is 6.61 Å². The van der Waals surface area contributed by atoms with E-state index in [-0.39, 0.29) is 11.6 Å². The Balaban J connectivity index is 1.56. The van der Waals surface area contributed by atoms with E-state index in [1.807, 2.05) is 42.5 Å². The van der Waals surface area contributed by atoms with E-state index in [1.54, 1.807) is 30.3 Å². The first-order valence-corrected chi connectivity index (χ1v) is 8.55. The summed E-state index contributed by atoms with van der Waals surface area (Å²) in [5.74, 6) is -0.868. The lowest BCUT2D eigenvalue weighted by molar-refractivity contribution is -0.139. The van der Waals surface area contributed by atoms with Crippen LogP contribution in [-0.4, -0.2) is 29.5 Å². The Kier molecular flexibility index (Phi) is 4.60. The molecule has 1 aliphatic heterocycles. The summed E-state index contributed by atoms with van der Waals surface area (Å²) in [4.78, 5) is 27.0. The van der Waals surface area contributed by atoms with Crippen LogP contribution in [0.2, 0.25) is 0 Å². The highest BCUT2D eigenvalue weighted by Crippen LogP contribution is 2.23. The number of aliphatic imine (C=N–C) groups is 1. The van der Waals surface area contributed by atoms with Crippen molar-refractivity contribution in [3.05, 3.63) is 83.6 Å². The maximum absolute atomic E-state index is 12.2. The number of fused-ring (bicyclic) bond motifs is 1. The third kappa shape index (κ3) is 3.76. The average Bonchev–Trinajstić information content (AvgIpc) is 3.07. The summed E-state index contributed by atoms with van der Waals surface area (Å²) >= 11 is 0. The van der Waals surface area contributed by atoms with Crippen molar-refractivity contribution in [1.29, 1.82) is 0 Å². The predicted octanol–water partition coefficient (Wildman–Crippen LogP) is 3.65. The van der Waals surface area contributed by atoms with Crippen LogP contribution in [0, 0.1) is 0 Å². The average molecular weight is 373 g/mol. The number of aliphatic carboxylic acids is 1. The van der Waals surface area contributed by atoms with Crippen LogP contribution in [0.5, 0.6) is 5.75 Å². The molecule has 0 fully saturated rings. The van der Waals surface area contributed by atoms with Gasteiger partial charge in [-0.15, -0.1) is 0 Å². The summed E-state index contributed by atoms with van der Waals surface area (Å²) in [6.45, 7) is -0.411. The fraction of sp³-hybridized carbons (Fsp3) is 0.0455. The number of benzene rings is 3. The highest BCUT2D eigenvalue weighted by Gasteiger charge is 2.24. The molecule has 3 aromatic rings. The molecule has 0 saturated heterocycles. The molecule has 0 amide bonds. The molecular formula is C22H15NO5.